The number of hydrogen-bond donors (Lipinski definition) is 4. The van der Waals surface area contributed by atoms with Crippen molar-refractivity contribution in [1.29, 1.82) is 0 Å². The van der Waals surface area contributed by atoms with Gasteiger partial charge in [-0.05, 0) is 12.1 Å². The third-order valence-corrected chi connectivity index (χ3v) is 3.39. The van der Waals surface area contributed by atoms with Gasteiger partial charge in [-0.3, -0.25) is 0 Å². The molecule has 2 amide bonds. The van der Waals surface area contributed by atoms with Crippen LogP contribution in [0.15, 0.2) is 30.3 Å². The van der Waals surface area contributed by atoms with Crippen LogP contribution in [0.1, 0.15) is 0 Å². The number of carbonyl (C=O) groups excluding carboxylic acids is 1. The Balaban J connectivity index is 1.85. The van der Waals surface area contributed by atoms with Crippen molar-refractivity contribution in [1.82, 2.24) is 20.9 Å². The number of amides is 2. The molecule has 6 nitrogen and oxygen atoms in total. The largest absolute Gasteiger partial charge is 0.322 e. The number of nitrogens with zero attached hydrogens (tertiary/aromatic N) is 1. The highest BCUT2D eigenvalue weighted by atomic mass is 16.2. The van der Waals surface area contributed by atoms with E-state index in [2.05, 4.69) is 21.3 Å². The van der Waals surface area contributed by atoms with Crippen LogP contribution in [0.25, 0.3) is 0 Å². The SMILES string of the molecule is O=C(Nc1ccccc1)N1CCNCCNCCNCC1. The zero-order valence-corrected chi connectivity index (χ0v) is 12.4. The van der Waals surface area contributed by atoms with Crippen LogP contribution in [-0.2, 0) is 0 Å². The maximum absolute atomic E-state index is 12.3. The molecule has 0 bridgehead atoms. The minimum Gasteiger partial charge on any atom is -0.322 e. The van der Waals surface area contributed by atoms with Crippen molar-refractivity contribution in [2.75, 3.05) is 57.7 Å². The Morgan fingerprint density at radius 3 is 1.95 bits per heavy atom. The van der Waals surface area contributed by atoms with E-state index in [0.29, 0.717) is 13.1 Å². The Bertz CT molecular complexity index is 400. The van der Waals surface area contributed by atoms with Gasteiger partial charge in [-0.15, -0.1) is 0 Å². The van der Waals surface area contributed by atoms with Gasteiger partial charge in [0.15, 0.2) is 0 Å². The smallest absolute Gasteiger partial charge is 0.321 e. The topological polar surface area (TPSA) is 68.4 Å². The second-order valence-electron chi connectivity index (χ2n) is 5.03. The minimum absolute atomic E-state index is 0.0417. The Hall–Kier alpha value is -1.63. The van der Waals surface area contributed by atoms with Crippen LogP contribution in [-0.4, -0.2) is 63.3 Å². The van der Waals surface area contributed by atoms with E-state index in [-0.39, 0.29) is 6.03 Å². The lowest BCUT2D eigenvalue weighted by atomic mass is 10.3. The molecule has 0 aliphatic carbocycles. The van der Waals surface area contributed by atoms with Crippen LogP contribution in [0.2, 0.25) is 0 Å². The van der Waals surface area contributed by atoms with Crippen LogP contribution in [0.3, 0.4) is 0 Å². The number of hydrogen-bond acceptors (Lipinski definition) is 4. The molecule has 0 saturated carbocycles. The molecule has 1 heterocycles. The van der Waals surface area contributed by atoms with Crippen LogP contribution in [0.5, 0.6) is 0 Å². The number of anilines is 1. The molecule has 1 fully saturated rings. The van der Waals surface area contributed by atoms with Gasteiger partial charge in [0.2, 0.25) is 0 Å². The van der Waals surface area contributed by atoms with Gasteiger partial charge in [0.05, 0.1) is 0 Å². The van der Waals surface area contributed by atoms with E-state index in [1.165, 1.54) is 0 Å². The quantitative estimate of drug-likeness (QED) is 0.601. The normalized spacial score (nSPS) is 18.4. The van der Waals surface area contributed by atoms with Crippen molar-refractivity contribution in [2.45, 2.75) is 0 Å². The van der Waals surface area contributed by atoms with E-state index < -0.39 is 0 Å². The summed E-state index contributed by atoms with van der Waals surface area (Å²) in [5.41, 5.74) is 0.832. The molecule has 1 aliphatic heterocycles. The summed E-state index contributed by atoms with van der Waals surface area (Å²) in [4.78, 5) is 14.2. The molecule has 6 heteroatoms. The van der Waals surface area contributed by atoms with Crippen molar-refractivity contribution in [3.8, 4) is 0 Å². The van der Waals surface area contributed by atoms with E-state index >= 15 is 0 Å². The molecule has 1 aromatic rings. The summed E-state index contributed by atoms with van der Waals surface area (Å²) in [5.74, 6) is 0. The van der Waals surface area contributed by atoms with E-state index in [0.717, 1.165) is 45.0 Å². The van der Waals surface area contributed by atoms with Gasteiger partial charge in [0.25, 0.3) is 0 Å². The van der Waals surface area contributed by atoms with Gasteiger partial charge in [-0.25, -0.2) is 4.79 Å². The number of para-hydroxylation sites is 1. The second kappa shape index (κ2) is 9.33. The van der Waals surface area contributed by atoms with Crippen molar-refractivity contribution < 1.29 is 4.79 Å². The molecule has 21 heavy (non-hydrogen) atoms. The standard InChI is InChI=1S/C15H25N5O/c21-15(19-14-4-2-1-3-5-14)20-12-10-17-8-6-16-7-9-18-11-13-20/h1-5,16-18H,6-13H2,(H,19,21). The van der Waals surface area contributed by atoms with E-state index in [9.17, 15) is 4.79 Å². The van der Waals surface area contributed by atoms with Crippen LogP contribution in [0, 0.1) is 0 Å². The molecule has 2 rings (SSSR count). The maximum atomic E-state index is 12.3. The van der Waals surface area contributed by atoms with E-state index in [1.807, 2.05) is 35.2 Å². The van der Waals surface area contributed by atoms with Gasteiger partial charge in [0, 0.05) is 58.0 Å². The van der Waals surface area contributed by atoms with Crippen molar-refractivity contribution in [3.63, 3.8) is 0 Å². The zero-order valence-electron chi connectivity index (χ0n) is 12.4. The fourth-order valence-electron chi connectivity index (χ4n) is 2.20. The number of carbonyl (C=O) groups is 1. The molecule has 4 N–H and O–H groups in total. The maximum Gasteiger partial charge on any atom is 0.321 e. The molecule has 1 saturated heterocycles. The first-order valence-electron chi connectivity index (χ1n) is 7.59. The fraction of sp³-hybridized carbons (Fsp3) is 0.533. The van der Waals surface area contributed by atoms with Crippen LogP contribution < -0.4 is 21.3 Å². The highest BCUT2D eigenvalue weighted by Crippen LogP contribution is 2.06. The molecule has 0 spiro atoms. The van der Waals surface area contributed by atoms with Gasteiger partial charge in [-0.1, -0.05) is 18.2 Å². The number of nitrogens with one attached hydrogen (secondary N) is 4. The molecule has 1 aromatic carbocycles. The molecular formula is C15H25N5O. The number of urea groups is 1. The average molecular weight is 291 g/mol. The summed E-state index contributed by atoms with van der Waals surface area (Å²) in [7, 11) is 0. The summed E-state index contributed by atoms with van der Waals surface area (Å²) >= 11 is 0. The zero-order chi connectivity index (χ0) is 14.8. The highest BCUT2D eigenvalue weighted by molar-refractivity contribution is 5.89. The van der Waals surface area contributed by atoms with Crippen LogP contribution in [0.4, 0.5) is 10.5 Å². The lowest BCUT2D eigenvalue weighted by Gasteiger charge is -2.24. The number of rotatable bonds is 1. The van der Waals surface area contributed by atoms with Crippen molar-refractivity contribution >= 4 is 11.7 Å². The van der Waals surface area contributed by atoms with Gasteiger partial charge in [0.1, 0.15) is 0 Å². The predicted octanol–water partition coefficient (Wildman–Crippen LogP) is 0.303. The molecule has 0 aromatic heterocycles. The van der Waals surface area contributed by atoms with E-state index in [1.54, 1.807) is 0 Å². The highest BCUT2D eigenvalue weighted by Gasteiger charge is 2.13. The van der Waals surface area contributed by atoms with Gasteiger partial charge >= 0.3 is 6.03 Å². The summed E-state index contributed by atoms with van der Waals surface area (Å²) in [6, 6.07) is 9.53. The van der Waals surface area contributed by atoms with E-state index in [4.69, 9.17) is 0 Å². The lowest BCUT2D eigenvalue weighted by Crippen LogP contribution is -2.45. The molecule has 0 atom stereocenters. The first kappa shape index (κ1) is 15.8. The van der Waals surface area contributed by atoms with Crippen molar-refractivity contribution in [3.05, 3.63) is 30.3 Å². The molecule has 116 valence electrons. The average Bonchev–Trinajstić information content (AvgIpc) is 2.49. The molecule has 0 unspecified atom stereocenters. The van der Waals surface area contributed by atoms with Gasteiger partial charge in [-0.2, -0.15) is 0 Å². The number of benzene rings is 1. The predicted molar refractivity (Wildman–Crippen MR) is 85.6 cm³/mol. The summed E-state index contributed by atoms with van der Waals surface area (Å²) in [6.07, 6.45) is 0. The Morgan fingerprint density at radius 1 is 0.857 bits per heavy atom. The summed E-state index contributed by atoms with van der Waals surface area (Å²) in [5, 5.41) is 13.0. The third-order valence-electron chi connectivity index (χ3n) is 3.39. The Labute approximate surface area is 126 Å². The minimum atomic E-state index is -0.0417. The molecular weight excluding hydrogens is 266 g/mol. The first-order chi connectivity index (χ1) is 10.4. The monoisotopic (exact) mass is 291 g/mol. The Kier molecular flexibility index (Phi) is 7.00. The van der Waals surface area contributed by atoms with Crippen molar-refractivity contribution in [2.24, 2.45) is 0 Å². The molecule has 0 radical (unpaired) electrons. The molecule has 1 aliphatic rings. The Morgan fingerprint density at radius 2 is 1.38 bits per heavy atom. The first-order valence-corrected chi connectivity index (χ1v) is 7.59. The summed E-state index contributed by atoms with van der Waals surface area (Å²) < 4.78 is 0. The fourth-order valence-corrected chi connectivity index (χ4v) is 2.20. The second-order valence-corrected chi connectivity index (χ2v) is 5.03. The van der Waals surface area contributed by atoms with Crippen LogP contribution >= 0.6 is 0 Å². The van der Waals surface area contributed by atoms with Gasteiger partial charge < -0.3 is 26.2 Å². The third kappa shape index (κ3) is 6.12. The summed E-state index contributed by atoms with van der Waals surface area (Å²) in [6.45, 7) is 6.80. The lowest BCUT2D eigenvalue weighted by molar-refractivity contribution is 0.211.